The van der Waals surface area contributed by atoms with Crippen LogP contribution in [0.3, 0.4) is 0 Å². The van der Waals surface area contributed by atoms with Crippen LogP contribution in [-0.2, 0) is 4.79 Å². The number of carbonyl (C=O) groups excluding carboxylic acids is 1. The smallest absolute Gasteiger partial charge is 0.225 e. The predicted octanol–water partition coefficient (Wildman–Crippen LogP) is 1.45. The van der Waals surface area contributed by atoms with Gasteiger partial charge in [0, 0.05) is 12.0 Å². The maximum atomic E-state index is 11.8. The number of nitrogens with one attached hydrogen (secondary N) is 1. The van der Waals surface area contributed by atoms with Gasteiger partial charge in [-0.05, 0) is 26.2 Å². The zero-order valence-corrected chi connectivity index (χ0v) is 9.18. The van der Waals surface area contributed by atoms with Crippen LogP contribution in [0.2, 0.25) is 0 Å². The molecule has 14 heavy (non-hydrogen) atoms. The minimum Gasteiger partial charge on any atom is -0.393 e. The number of aliphatic hydroxyl groups is 1. The first-order valence-corrected chi connectivity index (χ1v) is 5.51. The van der Waals surface area contributed by atoms with Crippen molar-refractivity contribution in [1.29, 1.82) is 0 Å². The third kappa shape index (κ3) is 2.98. The van der Waals surface area contributed by atoms with Crippen LogP contribution >= 0.6 is 0 Å². The van der Waals surface area contributed by atoms with Crippen molar-refractivity contribution < 1.29 is 9.90 Å². The Morgan fingerprint density at radius 2 is 2.07 bits per heavy atom. The predicted molar refractivity (Wildman–Crippen MR) is 55.9 cm³/mol. The van der Waals surface area contributed by atoms with E-state index in [2.05, 4.69) is 5.32 Å². The number of amides is 1. The third-order valence-corrected chi connectivity index (χ3v) is 3.10. The molecule has 1 saturated carbocycles. The Bertz CT molecular complexity index is 195. The summed E-state index contributed by atoms with van der Waals surface area (Å²) >= 11 is 0. The molecule has 0 saturated heterocycles. The lowest BCUT2D eigenvalue weighted by atomic mass is 9.88. The number of hydrogen-bond donors (Lipinski definition) is 2. The van der Waals surface area contributed by atoms with Crippen LogP contribution in [0.15, 0.2) is 0 Å². The molecule has 1 rings (SSSR count). The molecule has 0 heterocycles. The summed E-state index contributed by atoms with van der Waals surface area (Å²) in [6.07, 6.45) is 4.66. The minimum atomic E-state index is -0.327. The molecule has 0 aromatic carbocycles. The van der Waals surface area contributed by atoms with Gasteiger partial charge in [-0.1, -0.05) is 19.8 Å². The Morgan fingerprint density at radius 1 is 1.50 bits per heavy atom. The molecule has 0 spiro atoms. The molecule has 0 aliphatic heterocycles. The molecule has 1 aliphatic rings. The second-order valence-electron chi connectivity index (χ2n) is 4.66. The Labute approximate surface area is 85.9 Å². The van der Waals surface area contributed by atoms with E-state index in [9.17, 15) is 4.79 Å². The normalized spacial score (nSPS) is 21.9. The van der Waals surface area contributed by atoms with Crippen LogP contribution in [0.25, 0.3) is 0 Å². The van der Waals surface area contributed by atoms with E-state index < -0.39 is 0 Å². The number of rotatable bonds is 4. The molecule has 2 N–H and O–H groups in total. The van der Waals surface area contributed by atoms with E-state index in [0.717, 1.165) is 12.8 Å². The summed E-state index contributed by atoms with van der Waals surface area (Å²) in [5, 5.41) is 11.9. The van der Waals surface area contributed by atoms with Gasteiger partial charge in [-0.3, -0.25) is 4.79 Å². The second-order valence-corrected chi connectivity index (χ2v) is 4.66. The highest BCUT2D eigenvalue weighted by Crippen LogP contribution is 2.37. The first-order chi connectivity index (χ1) is 6.54. The zero-order chi connectivity index (χ0) is 10.6. The van der Waals surface area contributed by atoms with Crippen LogP contribution in [0.4, 0.5) is 0 Å². The third-order valence-electron chi connectivity index (χ3n) is 3.10. The lowest BCUT2D eigenvalue weighted by Crippen LogP contribution is -2.38. The molecule has 0 bridgehead atoms. The highest BCUT2D eigenvalue weighted by Gasteiger charge is 2.35. The maximum absolute atomic E-state index is 11.8. The molecule has 0 aromatic rings. The Balaban J connectivity index is 2.27. The van der Waals surface area contributed by atoms with Gasteiger partial charge in [-0.25, -0.2) is 0 Å². The number of carbonyl (C=O) groups is 1. The van der Waals surface area contributed by atoms with Gasteiger partial charge in [0.1, 0.15) is 0 Å². The van der Waals surface area contributed by atoms with E-state index >= 15 is 0 Å². The summed E-state index contributed by atoms with van der Waals surface area (Å²) in [5.41, 5.74) is -0.140. The van der Waals surface area contributed by atoms with Crippen LogP contribution in [0.5, 0.6) is 0 Å². The SMILES string of the molecule is CC(O)CCNC(=O)C1(C)CCCC1. The summed E-state index contributed by atoms with van der Waals surface area (Å²) in [7, 11) is 0. The van der Waals surface area contributed by atoms with Crippen molar-refractivity contribution in [2.75, 3.05) is 6.54 Å². The van der Waals surface area contributed by atoms with Gasteiger partial charge < -0.3 is 10.4 Å². The van der Waals surface area contributed by atoms with Crippen molar-refractivity contribution in [2.24, 2.45) is 5.41 Å². The number of hydrogen-bond acceptors (Lipinski definition) is 2. The van der Waals surface area contributed by atoms with Crippen molar-refractivity contribution >= 4 is 5.91 Å². The average molecular weight is 199 g/mol. The van der Waals surface area contributed by atoms with Gasteiger partial charge in [0.2, 0.25) is 5.91 Å². The van der Waals surface area contributed by atoms with Crippen LogP contribution in [0, 0.1) is 5.41 Å². The summed E-state index contributed by atoms with van der Waals surface area (Å²) in [6.45, 7) is 4.37. The summed E-state index contributed by atoms with van der Waals surface area (Å²) < 4.78 is 0. The molecule has 0 aromatic heterocycles. The van der Waals surface area contributed by atoms with E-state index in [1.807, 2.05) is 6.92 Å². The molecule has 3 heteroatoms. The molecule has 1 unspecified atom stereocenters. The van der Waals surface area contributed by atoms with E-state index in [-0.39, 0.29) is 17.4 Å². The summed E-state index contributed by atoms with van der Waals surface area (Å²) in [5.74, 6) is 0.163. The second kappa shape index (κ2) is 4.78. The van der Waals surface area contributed by atoms with Gasteiger partial charge in [0.05, 0.1) is 6.10 Å². The first kappa shape index (κ1) is 11.5. The fourth-order valence-corrected chi connectivity index (χ4v) is 1.99. The minimum absolute atomic E-state index is 0.140. The molecule has 3 nitrogen and oxygen atoms in total. The van der Waals surface area contributed by atoms with E-state index in [4.69, 9.17) is 5.11 Å². The van der Waals surface area contributed by atoms with Crippen molar-refractivity contribution in [3.63, 3.8) is 0 Å². The quantitative estimate of drug-likeness (QED) is 0.720. The molecule has 1 atom stereocenters. The van der Waals surface area contributed by atoms with Crippen LogP contribution < -0.4 is 5.32 Å². The maximum Gasteiger partial charge on any atom is 0.225 e. The standard InChI is InChI=1S/C11H21NO2/c1-9(13)5-8-12-10(14)11(2)6-3-4-7-11/h9,13H,3-8H2,1-2H3,(H,12,14). The van der Waals surface area contributed by atoms with Gasteiger partial charge in [-0.2, -0.15) is 0 Å². The zero-order valence-electron chi connectivity index (χ0n) is 9.18. The molecular formula is C11H21NO2. The molecule has 1 fully saturated rings. The Kier molecular flexibility index (Phi) is 3.93. The van der Waals surface area contributed by atoms with Crippen LogP contribution in [0.1, 0.15) is 46.0 Å². The van der Waals surface area contributed by atoms with Crippen molar-refractivity contribution in [2.45, 2.75) is 52.1 Å². The monoisotopic (exact) mass is 199 g/mol. The van der Waals surface area contributed by atoms with E-state index in [0.29, 0.717) is 13.0 Å². The number of aliphatic hydroxyl groups excluding tert-OH is 1. The van der Waals surface area contributed by atoms with Crippen molar-refractivity contribution in [3.8, 4) is 0 Å². The molecule has 0 radical (unpaired) electrons. The van der Waals surface area contributed by atoms with Crippen molar-refractivity contribution in [1.82, 2.24) is 5.32 Å². The van der Waals surface area contributed by atoms with Gasteiger partial charge in [0.15, 0.2) is 0 Å². The summed E-state index contributed by atoms with van der Waals surface area (Å²) in [4.78, 5) is 11.8. The lowest BCUT2D eigenvalue weighted by molar-refractivity contribution is -0.129. The fourth-order valence-electron chi connectivity index (χ4n) is 1.99. The molecular weight excluding hydrogens is 178 g/mol. The topological polar surface area (TPSA) is 49.3 Å². The van der Waals surface area contributed by atoms with Crippen LogP contribution in [-0.4, -0.2) is 23.7 Å². The van der Waals surface area contributed by atoms with E-state index in [1.54, 1.807) is 6.92 Å². The fraction of sp³-hybridized carbons (Fsp3) is 0.909. The van der Waals surface area contributed by atoms with E-state index in [1.165, 1.54) is 12.8 Å². The lowest BCUT2D eigenvalue weighted by Gasteiger charge is -2.22. The Morgan fingerprint density at radius 3 is 2.57 bits per heavy atom. The van der Waals surface area contributed by atoms with Crippen molar-refractivity contribution in [3.05, 3.63) is 0 Å². The molecule has 1 amide bonds. The first-order valence-electron chi connectivity index (χ1n) is 5.51. The molecule has 1 aliphatic carbocycles. The Hall–Kier alpha value is -0.570. The summed E-state index contributed by atoms with van der Waals surface area (Å²) in [6, 6.07) is 0. The highest BCUT2D eigenvalue weighted by molar-refractivity contribution is 5.82. The highest BCUT2D eigenvalue weighted by atomic mass is 16.3. The van der Waals surface area contributed by atoms with Gasteiger partial charge >= 0.3 is 0 Å². The van der Waals surface area contributed by atoms with Gasteiger partial charge in [-0.15, -0.1) is 0 Å². The van der Waals surface area contributed by atoms with Gasteiger partial charge in [0.25, 0.3) is 0 Å². The average Bonchev–Trinajstić information content (AvgIpc) is 2.52. The molecule has 82 valence electrons. The largest absolute Gasteiger partial charge is 0.393 e.